The van der Waals surface area contributed by atoms with Crippen LogP contribution >= 0.6 is 0 Å². The van der Waals surface area contributed by atoms with E-state index in [0.29, 0.717) is 24.8 Å². The molecule has 0 amide bonds. The number of Topliss-reactive ketones (excluding diaryl/α,β-unsaturated/α-hetero) is 1. The first kappa shape index (κ1) is 26.3. The zero-order chi connectivity index (χ0) is 25.4. The van der Waals surface area contributed by atoms with E-state index in [9.17, 15) is 31.1 Å². The molecular formula is C27H30F6O. The quantitative estimate of drug-likeness (QED) is 0.308. The molecule has 7 heteroatoms. The number of carbonyl (C=O) groups excluding carboxylic acids is 1. The Morgan fingerprint density at radius 1 is 0.912 bits per heavy atom. The second kappa shape index (κ2) is 9.38. The molecule has 2 aromatic carbocycles. The maximum Gasteiger partial charge on any atom is 0.406 e. The predicted octanol–water partition coefficient (Wildman–Crippen LogP) is 8.28. The summed E-state index contributed by atoms with van der Waals surface area (Å²) in [7, 11) is 0. The molecule has 1 saturated carbocycles. The summed E-state index contributed by atoms with van der Waals surface area (Å²) in [6, 6.07) is 14.4. The van der Waals surface area contributed by atoms with E-state index < -0.39 is 28.7 Å². The molecule has 0 aromatic heterocycles. The first-order chi connectivity index (χ1) is 15.8. The van der Waals surface area contributed by atoms with E-state index in [4.69, 9.17) is 0 Å². The van der Waals surface area contributed by atoms with Gasteiger partial charge in [-0.3, -0.25) is 4.79 Å². The van der Waals surface area contributed by atoms with Crippen LogP contribution in [0.3, 0.4) is 0 Å². The molecule has 1 aliphatic carbocycles. The van der Waals surface area contributed by atoms with Crippen molar-refractivity contribution in [1.29, 1.82) is 0 Å². The number of hydrogen-bond donors (Lipinski definition) is 0. The van der Waals surface area contributed by atoms with E-state index >= 15 is 0 Å². The minimum Gasteiger partial charge on any atom is -0.299 e. The lowest BCUT2D eigenvalue weighted by Crippen LogP contribution is -2.51. The van der Waals surface area contributed by atoms with E-state index in [-0.39, 0.29) is 24.5 Å². The number of carbonyl (C=O) groups is 1. The van der Waals surface area contributed by atoms with Gasteiger partial charge < -0.3 is 0 Å². The summed E-state index contributed by atoms with van der Waals surface area (Å²) in [6.07, 6.45) is -7.78. The Hall–Kier alpha value is -2.31. The first-order valence-electron chi connectivity index (χ1n) is 11.6. The molecule has 0 spiro atoms. The summed E-state index contributed by atoms with van der Waals surface area (Å²) in [4.78, 5) is 12.6. The molecule has 186 valence electrons. The van der Waals surface area contributed by atoms with Crippen LogP contribution in [0.5, 0.6) is 0 Å². The average Bonchev–Trinajstić information content (AvgIpc) is 2.97. The fourth-order valence-electron chi connectivity index (χ4n) is 5.42. The highest BCUT2D eigenvalue weighted by Gasteiger charge is 2.68. The third-order valence-electron chi connectivity index (χ3n) is 7.75. The molecular weight excluding hydrogens is 454 g/mol. The van der Waals surface area contributed by atoms with Crippen LogP contribution in [0.1, 0.15) is 75.5 Å². The normalized spacial score (nSPS) is 24.5. The lowest BCUT2D eigenvalue weighted by molar-refractivity contribution is -0.297. The maximum absolute atomic E-state index is 13.5. The summed E-state index contributed by atoms with van der Waals surface area (Å²) >= 11 is 0. The minimum atomic E-state index is -5.48. The Labute approximate surface area is 196 Å². The van der Waals surface area contributed by atoms with Gasteiger partial charge in [-0.05, 0) is 48.8 Å². The molecule has 1 fully saturated rings. The monoisotopic (exact) mass is 484 g/mol. The highest BCUT2D eigenvalue weighted by Crippen LogP contribution is 2.53. The topological polar surface area (TPSA) is 17.1 Å². The third-order valence-corrected chi connectivity index (χ3v) is 7.75. The fourth-order valence-corrected chi connectivity index (χ4v) is 5.42. The molecule has 1 aliphatic rings. The van der Waals surface area contributed by atoms with Crippen molar-refractivity contribution in [3.05, 3.63) is 71.3 Å². The molecule has 0 radical (unpaired) electrons. The summed E-state index contributed by atoms with van der Waals surface area (Å²) in [5.41, 5.74) is -3.58. The van der Waals surface area contributed by atoms with Gasteiger partial charge in [0.25, 0.3) is 0 Å². The van der Waals surface area contributed by atoms with Crippen molar-refractivity contribution in [1.82, 2.24) is 0 Å². The molecule has 3 atom stereocenters. The largest absolute Gasteiger partial charge is 0.406 e. The van der Waals surface area contributed by atoms with Crippen molar-refractivity contribution in [2.24, 2.45) is 5.92 Å². The van der Waals surface area contributed by atoms with Crippen molar-refractivity contribution in [2.75, 3.05) is 0 Å². The summed E-state index contributed by atoms with van der Waals surface area (Å²) in [5.74, 6) is -0.0934. The minimum absolute atomic E-state index is 0.127. The zero-order valence-electron chi connectivity index (χ0n) is 19.6. The molecule has 0 heterocycles. The van der Waals surface area contributed by atoms with Crippen LogP contribution in [0.2, 0.25) is 0 Å². The van der Waals surface area contributed by atoms with Crippen molar-refractivity contribution in [3.8, 4) is 0 Å². The number of halogens is 6. The van der Waals surface area contributed by atoms with Crippen LogP contribution in [0, 0.1) is 5.92 Å². The molecule has 1 unspecified atom stereocenters. The van der Waals surface area contributed by atoms with Gasteiger partial charge >= 0.3 is 12.4 Å². The standard InChI is InChI=1S/C27H30F6O/c1-4-23(34)19-9-8-12-22(24(2,17-19)20-10-6-5-7-11-20)18-13-15-21(16-14-18)25(3,26(28,29)30)27(31,32)33/h5-7,10-11,13-16,19,22H,4,8-9,12,17H2,1-3H3/t19?,22-,24+/m0/s1. The SMILES string of the molecule is CCC(=O)C1CCC[C@@H](c2ccc(C(C)(C(F)(F)F)C(F)(F)F)cc2)[C@@](C)(c2ccccc2)C1. The van der Waals surface area contributed by atoms with Gasteiger partial charge in [-0.25, -0.2) is 0 Å². The highest BCUT2D eigenvalue weighted by molar-refractivity contribution is 5.80. The number of hydrogen-bond acceptors (Lipinski definition) is 1. The van der Waals surface area contributed by atoms with Gasteiger partial charge in [0.2, 0.25) is 0 Å². The predicted molar refractivity (Wildman–Crippen MR) is 120 cm³/mol. The van der Waals surface area contributed by atoms with E-state index in [0.717, 1.165) is 30.5 Å². The summed E-state index contributed by atoms with van der Waals surface area (Å²) in [6.45, 7) is 4.07. The van der Waals surface area contributed by atoms with E-state index in [1.807, 2.05) is 37.3 Å². The Balaban J connectivity index is 2.07. The van der Waals surface area contributed by atoms with Gasteiger partial charge in [0.05, 0.1) is 0 Å². The smallest absolute Gasteiger partial charge is 0.299 e. The number of benzene rings is 2. The van der Waals surface area contributed by atoms with E-state index in [1.165, 1.54) is 12.1 Å². The molecule has 0 saturated heterocycles. The van der Waals surface area contributed by atoms with Gasteiger partial charge in [-0.2, -0.15) is 26.3 Å². The summed E-state index contributed by atoms with van der Waals surface area (Å²) < 4.78 is 81.2. The highest BCUT2D eigenvalue weighted by atomic mass is 19.4. The number of rotatable bonds is 5. The van der Waals surface area contributed by atoms with Crippen LogP contribution in [0.25, 0.3) is 0 Å². The second-order valence-electron chi connectivity index (χ2n) is 9.73. The van der Waals surface area contributed by atoms with Gasteiger partial charge in [-0.15, -0.1) is 0 Å². The molecule has 3 rings (SSSR count). The van der Waals surface area contributed by atoms with Crippen molar-refractivity contribution in [2.45, 2.75) is 82.0 Å². The van der Waals surface area contributed by atoms with Gasteiger partial charge in [0.15, 0.2) is 5.41 Å². The number of ketones is 1. The van der Waals surface area contributed by atoms with Gasteiger partial charge in [-0.1, -0.05) is 74.9 Å². The molecule has 34 heavy (non-hydrogen) atoms. The van der Waals surface area contributed by atoms with Crippen LogP contribution in [-0.4, -0.2) is 18.1 Å². The molecule has 1 nitrogen and oxygen atoms in total. The Kier molecular flexibility index (Phi) is 7.26. The molecule has 2 aromatic rings. The zero-order valence-corrected chi connectivity index (χ0v) is 19.6. The van der Waals surface area contributed by atoms with Crippen molar-refractivity contribution < 1.29 is 31.1 Å². The third kappa shape index (κ3) is 4.63. The van der Waals surface area contributed by atoms with Gasteiger partial charge in [0.1, 0.15) is 5.78 Å². The second-order valence-corrected chi connectivity index (χ2v) is 9.73. The Morgan fingerprint density at radius 2 is 1.47 bits per heavy atom. The van der Waals surface area contributed by atoms with E-state index in [2.05, 4.69) is 6.92 Å². The van der Waals surface area contributed by atoms with E-state index in [1.54, 1.807) is 0 Å². The fraction of sp³-hybridized carbons (Fsp3) is 0.519. The molecule has 0 bridgehead atoms. The summed E-state index contributed by atoms with van der Waals surface area (Å²) in [5, 5.41) is 0. The Bertz CT molecular complexity index is 963. The maximum atomic E-state index is 13.5. The van der Waals surface area contributed by atoms with Crippen molar-refractivity contribution >= 4 is 5.78 Å². The lowest BCUT2D eigenvalue weighted by atomic mass is 9.64. The van der Waals surface area contributed by atoms with Crippen LogP contribution in [0.15, 0.2) is 54.6 Å². The lowest BCUT2D eigenvalue weighted by Gasteiger charge is -2.39. The molecule has 0 N–H and O–H groups in total. The Morgan fingerprint density at radius 3 is 1.97 bits per heavy atom. The van der Waals surface area contributed by atoms with Crippen LogP contribution < -0.4 is 0 Å². The number of alkyl halides is 6. The average molecular weight is 485 g/mol. The molecule has 0 aliphatic heterocycles. The van der Waals surface area contributed by atoms with Crippen LogP contribution in [0.4, 0.5) is 26.3 Å². The van der Waals surface area contributed by atoms with Crippen LogP contribution in [-0.2, 0) is 15.6 Å². The van der Waals surface area contributed by atoms with Gasteiger partial charge in [0, 0.05) is 17.8 Å². The first-order valence-corrected chi connectivity index (χ1v) is 11.6. The van der Waals surface area contributed by atoms with Crippen molar-refractivity contribution in [3.63, 3.8) is 0 Å².